The monoisotopic (exact) mass is 292 g/mol. The summed E-state index contributed by atoms with van der Waals surface area (Å²) >= 11 is 0. The van der Waals surface area contributed by atoms with E-state index >= 15 is 0 Å². The summed E-state index contributed by atoms with van der Waals surface area (Å²) in [4.78, 5) is 8.62. The zero-order chi connectivity index (χ0) is 15.4. The van der Waals surface area contributed by atoms with Gasteiger partial charge in [-0.2, -0.15) is 10.2 Å². The Bertz CT molecular complexity index is 738. The topological polar surface area (TPSA) is 82.1 Å². The molecule has 0 aliphatic rings. The maximum atomic E-state index is 4.31. The number of aliphatic imine (C=N–C) groups is 2. The van der Waals surface area contributed by atoms with Crippen LogP contribution < -0.4 is 0 Å². The summed E-state index contributed by atoms with van der Waals surface area (Å²) in [5.74, 6) is 1.36. The minimum absolute atomic E-state index is 0.678. The summed E-state index contributed by atoms with van der Waals surface area (Å²) in [6.07, 6.45) is 3.57. The van der Waals surface area contributed by atoms with Gasteiger partial charge in [0, 0.05) is 35.9 Å². The van der Waals surface area contributed by atoms with Gasteiger partial charge in [0.25, 0.3) is 0 Å². The first-order chi connectivity index (χ1) is 10.7. The molecule has 6 heteroatoms. The molecule has 3 rings (SSSR count). The molecular weight excluding hydrogens is 276 g/mol. The minimum atomic E-state index is 0.678. The van der Waals surface area contributed by atoms with Crippen LogP contribution in [0.5, 0.6) is 0 Å². The molecule has 0 unspecified atom stereocenters. The lowest BCUT2D eigenvalue weighted by molar-refractivity contribution is 1.04. The molecule has 0 radical (unpaired) electrons. The first-order valence-electron chi connectivity index (χ1n) is 6.91. The summed E-state index contributed by atoms with van der Waals surface area (Å²) in [5.41, 5.74) is 4.00. The van der Waals surface area contributed by atoms with Crippen molar-refractivity contribution < 1.29 is 0 Å². The van der Waals surface area contributed by atoms with Gasteiger partial charge in [-0.25, -0.2) is 9.98 Å². The predicted molar refractivity (Wildman–Crippen MR) is 87.6 cm³/mol. The van der Waals surface area contributed by atoms with Crippen molar-refractivity contribution in [2.75, 3.05) is 0 Å². The Morgan fingerprint density at radius 3 is 1.50 bits per heavy atom. The molecule has 0 amide bonds. The highest BCUT2D eigenvalue weighted by Gasteiger charge is 1.95. The number of hydrogen-bond acceptors (Lipinski definition) is 4. The highest BCUT2D eigenvalue weighted by atomic mass is 15.2. The third-order valence-electron chi connectivity index (χ3n) is 3.01. The van der Waals surface area contributed by atoms with E-state index < -0.39 is 0 Å². The molecule has 0 atom stereocenters. The van der Waals surface area contributed by atoms with Crippen LogP contribution in [0.1, 0.15) is 22.5 Å². The average Bonchev–Trinajstić information content (AvgIpc) is 3.12. The molecule has 1 aromatic carbocycles. The maximum absolute atomic E-state index is 4.31. The zero-order valence-electron chi connectivity index (χ0n) is 12.4. The van der Waals surface area contributed by atoms with E-state index in [9.17, 15) is 0 Å². The number of H-pyrrole nitrogens is 2. The Morgan fingerprint density at radius 2 is 1.18 bits per heavy atom. The van der Waals surface area contributed by atoms with Crippen LogP contribution in [0.15, 0.2) is 46.4 Å². The highest BCUT2D eigenvalue weighted by molar-refractivity contribution is 5.85. The van der Waals surface area contributed by atoms with Gasteiger partial charge in [-0.1, -0.05) is 24.3 Å². The molecule has 6 nitrogen and oxygen atoms in total. The Balaban J connectivity index is 1.67. The molecule has 2 aromatic heterocycles. The summed E-state index contributed by atoms with van der Waals surface area (Å²) in [6, 6.07) is 11.7. The molecule has 0 saturated heterocycles. The maximum Gasteiger partial charge on any atom is 0.173 e. The van der Waals surface area contributed by atoms with Gasteiger partial charge < -0.3 is 0 Å². The number of aromatic amines is 2. The van der Waals surface area contributed by atoms with E-state index in [1.54, 1.807) is 12.4 Å². The van der Waals surface area contributed by atoms with Crippen LogP contribution in [-0.4, -0.2) is 32.8 Å². The SMILES string of the molecule is Cc1cc(N=Cc2ccc(C=Nc3cc(C)[nH]n3)cc2)n[nH]1. The van der Waals surface area contributed by atoms with Gasteiger partial charge in [0.1, 0.15) is 0 Å². The molecule has 0 aliphatic carbocycles. The van der Waals surface area contributed by atoms with Crippen molar-refractivity contribution in [3.8, 4) is 0 Å². The molecule has 0 spiro atoms. The van der Waals surface area contributed by atoms with Crippen LogP contribution in [0.3, 0.4) is 0 Å². The van der Waals surface area contributed by atoms with Crippen molar-refractivity contribution in [1.29, 1.82) is 0 Å². The average molecular weight is 292 g/mol. The summed E-state index contributed by atoms with van der Waals surface area (Å²) in [5, 5.41) is 13.8. The van der Waals surface area contributed by atoms with Gasteiger partial charge in [-0.3, -0.25) is 10.2 Å². The molecule has 3 aromatic rings. The smallest absolute Gasteiger partial charge is 0.173 e. The largest absolute Gasteiger partial charge is 0.281 e. The lowest BCUT2D eigenvalue weighted by Crippen LogP contribution is -1.84. The van der Waals surface area contributed by atoms with Crippen molar-refractivity contribution in [2.24, 2.45) is 9.98 Å². The Hall–Kier alpha value is -3.02. The van der Waals surface area contributed by atoms with Crippen LogP contribution in [0.2, 0.25) is 0 Å². The second-order valence-corrected chi connectivity index (χ2v) is 5.00. The van der Waals surface area contributed by atoms with Gasteiger partial charge in [0.2, 0.25) is 0 Å². The fourth-order valence-electron chi connectivity index (χ4n) is 1.89. The summed E-state index contributed by atoms with van der Waals surface area (Å²) in [6.45, 7) is 3.89. The molecular formula is C16H16N6. The lowest BCUT2D eigenvalue weighted by Gasteiger charge is -1.94. The first-order valence-corrected chi connectivity index (χ1v) is 6.91. The zero-order valence-corrected chi connectivity index (χ0v) is 12.4. The van der Waals surface area contributed by atoms with E-state index in [4.69, 9.17) is 0 Å². The van der Waals surface area contributed by atoms with E-state index in [2.05, 4.69) is 30.4 Å². The number of aromatic nitrogens is 4. The standard InChI is InChI=1S/C16H16N6/c1-11-7-15(21-19-11)17-9-13-3-5-14(6-4-13)10-18-16-8-12(2)20-22-16/h3-10H,1-2H3,(H,19,21)(H,20,22). The van der Waals surface area contributed by atoms with Gasteiger partial charge in [0.05, 0.1) is 0 Å². The van der Waals surface area contributed by atoms with Crippen LogP contribution in [-0.2, 0) is 0 Å². The predicted octanol–water partition coefficient (Wildman–Crippen LogP) is 3.25. The molecule has 0 fully saturated rings. The Morgan fingerprint density at radius 1 is 0.773 bits per heavy atom. The van der Waals surface area contributed by atoms with Crippen molar-refractivity contribution in [3.63, 3.8) is 0 Å². The quantitative estimate of drug-likeness (QED) is 0.724. The fraction of sp³-hybridized carbons (Fsp3) is 0.125. The van der Waals surface area contributed by atoms with Gasteiger partial charge in [-0.05, 0) is 25.0 Å². The number of aryl methyl sites for hydroxylation is 2. The van der Waals surface area contributed by atoms with Crippen LogP contribution in [0.4, 0.5) is 11.6 Å². The van der Waals surface area contributed by atoms with Gasteiger partial charge in [-0.15, -0.1) is 0 Å². The van der Waals surface area contributed by atoms with E-state index in [1.165, 1.54) is 0 Å². The number of benzene rings is 1. The van der Waals surface area contributed by atoms with E-state index in [0.29, 0.717) is 11.6 Å². The Kier molecular flexibility index (Phi) is 3.91. The van der Waals surface area contributed by atoms with Gasteiger partial charge >= 0.3 is 0 Å². The molecule has 0 aliphatic heterocycles. The highest BCUT2D eigenvalue weighted by Crippen LogP contribution is 2.10. The molecule has 2 N–H and O–H groups in total. The third kappa shape index (κ3) is 3.54. The van der Waals surface area contributed by atoms with Crippen molar-refractivity contribution in [2.45, 2.75) is 13.8 Å². The number of nitrogens with zero attached hydrogens (tertiary/aromatic N) is 4. The second kappa shape index (κ2) is 6.17. The molecule has 110 valence electrons. The van der Waals surface area contributed by atoms with E-state index in [-0.39, 0.29) is 0 Å². The minimum Gasteiger partial charge on any atom is -0.281 e. The van der Waals surface area contributed by atoms with Gasteiger partial charge in [0.15, 0.2) is 11.6 Å². The molecule has 0 saturated carbocycles. The normalized spacial score (nSPS) is 11.7. The lowest BCUT2D eigenvalue weighted by atomic mass is 10.1. The number of rotatable bonds is 4. The Labute approximate surface area is 128 Å². The molecule has 22 heavy (non-hydrogen) atoms. The van der Waals surface area contributed by atoms with Crippen molar-refractivity contribution in [1.82, 2.24) is 20.4 Å². The second-order valence-electron chi connectivity index (χ2n) is 5.00. The molecule has 2 heterocycles. The van der Waals surface area contributed by atoms with E-state index in [0.717, 1.165) is 22.5 Å². The third-order valence-corrected chi connectivity index (χ3v) is 3.01. The first kappa shape index (κ1) is 13.9. The number of nitrogens with one attached hydrogen (secondary N) is 2. The fourth-order valence-corrected chi connectivity index (χ4v) is 1.89. The van der Waals surface area contributed by atoms with E-state index in [1.807, 2.05) is 50.2 Å². The van der Waals surface area contributed by atoms with Crippen LogP contribution in [0, 0.1) is 13.8 Å². The summed E-state index contributed by atoms with van der Waals surface area (Å²) < 4.78 is 0. The van der Waals surface area contributed by atoms with Crippen LogP contribution >= 0.6 is 0 Å². The molecule has 0 bridgehead atoms. The van der Waals surface area contributed by atoms with Crippen molar-refractivity contribution >= 4 is 24.1 Å². The summed E-state index contributed by atoms with van der Waals surface area (Å²) in [7, 11) is 0. The number of hydrogen-bond donors (Lipinski definition) is 2. The van der Waals surface area contributed by atoms with Crippen molar-refractivity contribution in [3.05, 3.63) is 58.9 Å². The van der Waals surface area contributed by atoms with Crippen LogP contribution in [0.25, 0.3) is 0 Å².